The van der Waals surface area contributed by atoms with Crippen LogP contribution in [0.1, 0.15) is 18.9 Å². The molecule has 22 heavy (non-hydrogen) atoms. The van der Waals surface area contributed by atoms with Crippen LogP contribution in [0, 0.1) is 0 Å². The summed E-state index contributed by atoms with van der Waals surface area (Å²) >= 11 is 1.39. The number of aliphatic imine (C=N–C) groups is 1. The molecule has 1 aromatic rings. The van der Waals surface area contributed by atoms with Crippen LogP contribution in [0.5, 0.6) is 11.5 Å². The minimum Gasteiger partial charge on any atom is -0.486 e. The molecule has 116 valence electrons. The van der Waals surface area contributed by atoms with E-state index in [9.17, 15) is 0 Å². The van der Waals surface area contributed by atoms with Gasteiger partial charge in [-0.3, -0.25) is 4.99 Å². The molecule has 0 saturated carbocycles. The highest BCUT2D eigenvalue weighted by Gasteiger charge is 2.27. The maximum absolute atomic E-state index is 5.63. The standard InChI is InChI=1S/C14H14N4O2S.BrH/c1-2-13-17-21-14-15-8-10(16-18(13)14)9-3-4-11-12(7-9)20-6-5-19-11;/h3-4,7H,2,5-6,8H2,1H3;1H. The van der Waals surface area contributed by atoms with E-state index in [2.05, 4.69) is 21.4 Å². The van der Waals surface area contributed by atoms with E-state index in [0.29, 0.717) is 19.8 Å². The summed E-state index contributed by atoms with van der Waals surface area (Å²) in [6, 6.07) is 5.90. The summed E-state index contributed by atoms with van der Waals surface area (Å²) in [5.41, 5.74) is 1.92. The third kappa shape index (κ3) is 2.61. The Labute approximate surface area is 143 Å². The number of halogens is 1. The Balaban J connectivity index is 0.00000144. The topological polar surface area (TPSA) is 58.8 Å². The molecule has 1 aromatic carbocycles. The molecule has 0 bridgehead atoms. The Kier molecular flexibility index (Phi) is 4.39. The monoisotopic (exact) mass is 382 g/mol. The lowest BCUT2D eigenvalue weighted by atomic mass is 10.1. The summed E-state index contributed by atoms with van der Waals surface area (Å²) in [7, 11) is 0. The lowest BCUT2D eigenvalue weighted by Crippen LogP contribution is -2.31. The van der Waals surface area contributed by atoms with Gasteiger partial charge in [-0.25, -0.2) is 0 Å². The number of amidine groups is 2. The molecule has 3 aliphatic rings. The fourth-order valence-corrected chi connectivity index (χ4v) is 3.10. The molecule has 0 radical (unpaired) electrons. The number of rotatable bonds is 2. The first kappa shape index (κ1) is 15.4. The third-order valence-corrected chi connectivity index (χ3v) is 4.20. The molecule has 4 rings (SSSR count). The van der Waals surface area contributed by atoms with E-state index in [0.717, 1.165) is 40.2 Å². The Morgan fingerprint density at radius 2 is 2.05 bits per heavy atom. The van der Waals surface area contributed by atoms with Gasteiger partial charge in [0.2, 0.25) is 5.17 Å². The Hall–Kier alpha value is -1.54. The summed E-state index contributed by atoms with van der Waals surface area (Å²) in [6.45, 7) is 3.81. The van der Waals surface area contributed by atoms with Crippen LogP contribution in [-0.4, -0.2) is 41.5 Å². The van der Waals surface area contributed by atoms with Gasteiger partial charge in [0.25, 0.3) is 0 Å². The van der Waals surface area contributed by atoms with E-state index in [-0.39, 0.29) is 17.0 Å². The molecule has 0 aliphatic carbocycles. The van der Waals surface area contributed by atoms with Gasteiger partial charge in [-0.05, 0) is 18.2 Å². The molecule has 0 amide bonds. The SMILES string of the molecule is Br.CCC1=NSC2=NCC(c3ccc4c(c3)OCCO4)=NN12. The van der Waals surface area contributed by atoms with Gasteiger partial charge in [-0.15, -0.1) is 17.0 Å². The van der Waals surface area contributed by atoms with Crippen molar-refractivity contribution in [1.29, 1.82) is 0 Å². The van der Waals surface area contributed by atoms with E-state index >= 15 is 0 Å². The predicted molar refractivity (Wildman–Crippen MR) is 93.7 cm³/mol. The zero-order valence-corrected chi connectivity index (χ0v) is 14.5. The van der Waals surface area contributed by atoms with E-state index in [4.69, 9.17) is 9.47 Å². The quantitative estimate of drug-likeness (QED) is 0.737. The van der Waals surface area contributed by atoms with Gasteiger partial charge in [0.1, 0.15) is 19.0 Å². The van der Waals surface area contributed by atoms with Gasteiger partial charge in [0.15, 0.2) is 11.5 Å². The molecule has 8 heteroatoms. The van der Waals surface area contributed by atoms with E-state index in [1.54, 1.807) is 0 Å². The second-order valence-corrected chi connectivity index (χ2v) is 5.50. The highest BCUT2D eigenvalue weighted by molar-refractivity contribution is 8.93. The second kappa shape index (κ2) is 6.29. The van der Waals surface area contributed by atoms with Gasteiger partial charge >= 0.3 is 0 Å². The maximum Gasteiger partial charge on any atom is 0.209 e. The summed E-state index contributed by atoms with van der Waals surface area (Å²) in [6.07, 6.45) is 0.837. The summed E-state index contributed by atoms with van der Waals surface area (Å²) in [4.78, 5) is 4.55. The molecule has 3 aliphatic heterocycles. The van der Waals surface area contributed by atoms with Crippen molar-refractivity contribution in [3.05, 3.63) is 23.8 Å². The largest absolute Gasteiger partial charge is 0.486 e. The second-order valence-electron chi connectivity index (χ2n) is 4.77. The number of ether oxygens (including phenoxy) is 2. The molecule has 0 N–H and O–H groups in total. The van der Waals surface area contributed by atoms with E-state index in [1.807, 2.05) is 23.2 Å². The number of nitrogens with zero attached hydrogens (tertiary/aromatic N) is 4. The van der Waals surface area contributed by atoms with Gasteiger partial charge in [-0.2, -0.15) is 14.5 Å². The molecule has 0 saturated heterocycles. The zero-order chi connectivity index (χ0) is 14.2. The molecule has 0 spiro atoms. The van der Waals surface area contributed by atoms with Crippen molar-refractivity contribution in [1.82, 2.24) is 5.01 Å². The average molecular weight is 383 g/mol. The predicted octanol–water partition coefficient (Wildman–Crippen LogP) is 2.88. The van der Waals surface area contributed by atoms with Crippen molar-refractivity contribution in [3.63, 3.8) is 0 Å². The number of benzene rings is 1. The Morgan fingerprint density at radius 3 is 2.86 bits per heavy atom. The van der Waals surface area contributed by atoms with Crippen molar-refractivity contribution >= 4 is 45.6 Å². The number of fused-ring (bicyclic) bond motifs is 2. The van der Waals surface area contributed by atoms with Gasteiger partial charge in [-0.1, -0.05) is 6.92 Å². The van der Waals surface area contributed by atoms with E-state index < -0.39 is 0 Å². The summed E-state index contributed by atoms with van der Waals surface area (Å²) in [5, 5.41) is 7.37. The minimum atomic E-state index is 0. The van der Waals surface area contributed by atoms with E-state index in [1.165, 1.54) is 11.9 Å². The molecule has 3 heterocycles. The molecule has 0 fully saturated rings. The smallest absolute Gasteiger partial charge is 0.209 e. The minimum absolute atomic E-state index is 0. The zero-order valence-electron chi connectivity index (χ0n) is 12.0. The number of hydrogen-bond acceptors (Lipinski definition) is 7. The Bertz CT molecular complexity index is 689. The molecule has 0 atom stereocenters. The molecule has 0 aromatic heterocycles. The molecular weight excluding hydrogens is 368 g/mol. The summed E-state index contributed by atoms with van der Waals surface area (Å²) in [5.74, 6) is 2.50. The maximum atomic E-state index is 5.63. The first-order valence-corrected chi connectivity index (χ1v) is 7.68. The number of hydrogen-bond donors (Lipinski definition) is 0. The van der Waals surface area contributed by atoms with Gasteiger partial charge in [0, 0.05) is 12.0 Å². The molecular formula is C14H15BrN4O2S. The highest BCUT2D eigenvalue weighted by atomic mass is 79.9. The van der Waals surface area contributed by atoms with Crippen LogP contribution in [0.2, 0.25) is 0 Å². The lowest BCUT2D eigenvalue weighted by molar-refractivity contribution is 0.171. The van der Waals surface area contributed by atoms with Crippen molar-refractivity contribution in [2.24, 2.45) is 14.5 Å². The van der Waals surface area contributed by atoms with Gasteiger partial charge in [0.05, 0.1) is 24.2 Å². The van der Waals surface area contributed by atoms with Crippen LogP contribution in [-0.2, 0) is 0 Å². The Morgan fingerprint density at radius 1 is 1.23 bits per heavy atom. The number of hydrazone groups is 1. The van der Waals surface area contributed by atoms with Crippen LogP contribution in [0.3, 0.4) is 0 Å². The molecule has 0 unspecified atom stereocenters. The van der Waals surface area contributed by atoms with Crippen LogP contribution < -0.4 is 9.47 Å². The van der Waals surface area contributed by atoms with Gasteiger partial charge < -0.3 is 9.47 Å². The molecule has 6 nitrogen and oxygen atoms in total. The average Bonchev–Trinajstić information content (AvgIpc) is 2.96. The summed E-state index contributed by atoms with van der Waals surface area (Å²) < 4.78 is 15.5. The fraction of sp³-hybridized carbons (Fsp3) is 0.357. The van der Waals surface area contributed by atoms with Crippen molar-refractivity contribution < 1.29 is 9.47 Å². The lowest BCUT2D eigenvalue weighted by Gasteiger charge is -2.22. The fourth-order valence-electron chi connectivity index (χ4n) is 2.36. The first-order valence-electron chi connectivity index (χ1n) is 6.91. The van der Waals surface area contributed by atoms with Crippen LogP contribution in [0.25, 0.3) is 0 Å². The van der Waals surface area contributed by atoms with Crippen molar-refractivity contribution in [3.8, 4) is 11.5 Å². The van der Waals surface area contributed by atoms with Crippen molar-refractivity contribution in [2.45, 2.75) is 13.3 Å². The van der Waals surface area contributed by atoms with Crippen LogP contribution in [0.15, 0.2) is 32.7 Å². The van der Waals surface area contributed by atoms with Crippen LogP contribution in [0.4, 0.5) is 0 Å². The third-order valence-electron chi connectivity index (χ3n) is 3.43. The highest BCUT2D eigenvalue weighted by Crippen LogP contribution is 2.32. The van der Waals surface area contributed by atoms with Crippen LogP contribution >= 0.6 is 28.9 Å². The first-order chi connectivity index (χ1) is 10.3. The normalized spacial score (nSPS) is 18.8. The van der Waals surface area contributed by atoms with Crippen molar-refractivity contribution in [2.75, 3.05) is 19.8 Å².